The molecule has 3 N–H and O–H groups in total. The van der Waals surface area contributed by atoms with Crippen molar-refractivity contribution in [3.63, 3.8) is 0 Å². The number of rotatable bonds is 14. The second-order valence-electron chi connectivity index (χ2n) is 8.86. The molecule has 0 bridgehead atoms. The number of carbonyl (C=O) groups excluding carboxylic acids is 4. The van der Waals surface area contributed by atoms with Gasteiger partial charge in [0.15, 0.2) is 0 Å². The highest BCUT2D eigenvalue weighted by Crippen LogP contribution is 2.04. The Bertz CT molecular complexity index is 712. The number of hydrogen-bond donors (Lipinski definition) is 3. The van der Waals surface area contributed by atoms with Crippen LogP contribution in [0.4, 0.5) is 0 Å². The molecule has 0 spiro atoms. The number of aliphatic hydroxyl groups is 3. The maximum absolute atomic E-state index is 11.2. The van der Waals surface area contributed by atoms with Gasteiger partial charge in [-0.3, -0.25) is 24.5 Å². The molecule has 1 heterocycles. The normalized spacial score (nSPS) is 19.6. The third-order valence-electron chi connectivity index (χ3n) is 5.82. The molecule has 0 aromatic heterocycles. The average molecular weight is 534 g/mol. The van der Waals surface area contributed by atoms with Gasteiger partial charge in [0, 0.05) is 91.6 Å². The Labute approximate surface area is 214 Å². The SMILES string of the molecule is O=C([O-])CN1CCN(CC(=O)[O-])CCN(CC(O)CN(CC(=O)[O-])C(O)CO)CCN(CC(=O)[O-])CC1. The molecule has 0 radical (unpaired) electrons. The monoisotopic (exact) mass is 533 g/mol. The summed E-state index contributed by atoms with van der Waals surface area (Å²) in [7, 11) is 0. The zero-order valence-electron chi connectivity index (χ0n) is 20.6. The molecule has 0 aromatic carbocycles. The van der Waals surface area contributed by atoms with Crippen molar-refractivity contribution in [3.8, 4) is 0 Å². The lowest BCUT2D eigenvalue weighted by atomic mass is 10.2. The molecule has 1 aliphatic heterocycles. The summed E-state index contributed by atoms with van der Waals surface area (Å²) < 4.78 is 0. The summed E-state index contributed by atoms with van der Waals surface area (Å²) in [5.74, 6) is -5.51. The van der Waals surface area contributed by atoms with Crippen LogP contribution in [0.15, 0.2) is 0 Å². The van der Waals surface area contributed by atoms with Crippen LogP contribution in [0.2, 0.25) is 0 Å². The van der Waals surface area contributed by atoms with Gasteiger partial charge in [-0.15, -0.1) is 0 Å². The first-order valence-electron chi connectivity index (χ1n) is 11.8. The van der Waals surface area contributed by atoms with Gasteiger partial charge < -0.3 is 54.9 Å². The zero-order valence-corrected chi connectivity index (χ0v) is 20.6. The smallest absolute Gasteiger partial charge is 0.131 e. The molecular formula is C21H35N5O11-4. The Hall–Kier alpha value is -2.44. The lowest BCUT2D eigenvalue weighted by Crippen LogP contribution is -2.53. The van der Waals surface area contributed by atoms with Crippen molar-refractivity contribution in [3.05, 3.63) is 0 Å². The van der Waals surface area contributed by atoms with Crippen LogP contribution >= 0.6 is 0 Å². The van der Waals surface area contributed by atoms with Crippen molar-refractivity contribution in [2.45, 2.75) is 12.3 Å². The van der Waals surface area contributed by atoms with E-state index in [-0.39, 0.29) is 65.4 Å². The molecule has 16 heteroatoms. The molecule has 1 fully saturated rings. The fourth-order valence-corrected chi connectivity index (χ4v) is 3.98. The van der Waals surface area contributed by atoms with E-state index in [9.17, 15) is 49.8 Å². The van der Waals surface area contributed by atoms with Crippen LogP contribution in [0, 0.1) is 0 Å². The fraction of sp³-hybridized carbons (Fsp3) is 0.810. The van der Waals surface area contributed by atoms with E-state index in [1.807, 2.05) is 0 Å². The van der Waals surface area contributed by atoms with E-state index in [4.69, 9.17) is 5.11 Å². The number of carboxylic acid groups (broad SMARTS) is 4. The van der Waals surface area contributed by atoms with E-state index < -0.39 is 69.0 Å². The van der Waals surface area contributed by atoms with Crippen molar-refractivity contribution in [2.75, 3.05) is 98.2 Å². The number of carboxylic acids is 4. The predicted octanol–water partition coefficient (Wildman–Crippen LogP) is -9.82. The Morgan fingerprint density at radius 1 is 0.649 bits per heavy atom. The first kappa shape index (κ1) is 32.6. The second kappa shape index (κ2) is 17.1. The summed E-state index contributed by atoms with van der Waals surface area (Å²) in [5, 5.41) is 74.0. The van der Waals surface area contributed by atoms with Gasteiger partial charge in [-0.25, -0.2) is 0 Å². The summed E-state index contributed by atoms with van der Waals surface area (Å²) in [4.78, 5) is 51.7. The van der Waals surface area contributed by atoms with Crippen molar-refractivity contribution in [1.29, 1.82) is 0 Å². The highest BCUT2D eigenvalue weighted by Gasteiger charge is 2.22. The third-order valence-corrected chi connectivity index (χ3v) is 5.82. The third kappa shape index (κ3) is 14.8. The number of aliphatic hydroxyl groups excluding tert-OH is 3. The van der Waals surface area contributed by atoms with Gasteiger partial charge in [0.25, 0.3) is 0 Å². The van der Waals surface area contributed by atoms with Crippen molar-refractivity contribution in [2.24, 2.45) is 0 Å². The molecule has 16 nitrogen and oxygen atoms in total. The van der Waals surface area contributed by atoms with Crippen molar-refractivity contribution < 1.29 is 54.9 Å². The molecule has 0 aliphatic carbocycles. The molecule has 1 saturated heterocycles. The van der Waals surface area contributed by atoms with Gasteiger partial charge >= 0.3 is 0 Å². The summed E-state index contributed by atoms with van der Waals surface area (Å²) in [5.41, 5.74) is 0. The minimum absolute atomic E-state index is 0.0448. The average Bonchev–Trinajstić information content (AvgIpc) is 2.78. The summed E-state index contributed by atoms with van der Waals surface area (Å²) in [6.07, 6.45) is -2.74. The van der Waals surface area contributed by atoms with Crippen LogP contribution in [0.5, 0.6) is 0 Å². The summed E-state index contributed by atoms with van der Waals surface area (Å²) in [6, 6.07) is 0. The van der Waals surface area contributed by atoms with Gasteiger partial charge in [-0.1, -0.05) is 0 Å². The van der Waals surface area contributed by atoms with Crippen LogP contribution < -0.4 is 20.4 Å². The molecule has 1 rings (SSSR count). The molecule has 2 unspecified atom stereocenters. The quantitative estimate of drug-likeness (QED) is 0.176. The Morgan fingerprint density at radius 3 is 1.30 bits per heavy atom. The predicted molar refractivity (Wildman–Crippen MR) is 116 cm³/mol. The van der Waals surface area contributed by atoms with Crippen molar-refractivity contribution in [1.82, 2.24) is 24.5 Å². The highest BCUT2D eigenvalue weighted by atomic mass is 16.4. The van der Waals surface area contributed by atoms with E-state index in [1.165, 1.54) is 14.7 Å². The van der Waals surface area contributed by atoms with E-state index in [0.29, 0.717) is 0 Å². The first-order valence-corrected chi connectivity index (χ1v) is 11.8. The molecule has 214 valence electrons. The second-order valence-corrected chi connectivity index (χ2v) is 8.86. The largest absolute Gasteiger partial charge is 0.549 e. The van der Waals surface area contributed by atoms with Crippen LogP contribution in [0.25, 0.3) is 0 Å². The van der Waals surface area contributed by atoms with Crippen LogP contribution in [0.3, 0.4) is 0 Å². The van der Waals surface area contributed by atoms with Gasteiger partial charge in [0.05, 0.1) is 36.6 Å². The lowest BCUT2D eigenvalue weighted by molar-refractivity contribution is -0.309. The molecule has 0 aromatic rings. The van der Waals surface area contributed by atoms with Crippen LogP contribution in [-0.4, -0.2) is 174 Å². The number of carbonyl (C=O) groups is 4. The van der Waals surface area contributed by atoms with Crippen LogP contribution in [0.1, 0.15) is 0 Å². The highest BCUT2D eigenvalue weighted by molar-refractivity contribution is 5.67. The number of hydrogen-bond acceptors (Lipinski definition) is 16. The van der Waals surface area contributed by atoms with E-state index in [2.05, 4.69) is 0 Å². The molecular weight excluding hydrogens is 498 g/mol. The molecule has 1 aliphatic rings. The minimum atomic E-state index is -1.54. The topological polar surface area (TPSA) is 237 Å². The van der Waals surface area contributed by atoms with E-state index in [1.54, 1.807) is 4.90 Å². The number of aliphatic carboxylic acids is 4. The Morgan fingerprint density at radius 2 is 1.00 bits per heavy atom. The van der Waals surface area contributed by atoms with Gasteiger partial charge in [0.2, 0.25) is 0 Å². The number of nitrogens with zero attached hydrogens (tertiary/aromatic N) is 5. The maximum atomic E-state index is 11.2. The molecule has 0 amide bonds. The van der Waals surface area contributed by atoms with Gasteiger partial charge in [-0.2, -0.15) is 0 Å². The summed E-state index contributed by atoms with van der Waals surface area (Å²) in [6.45, 7) is -1.67. The lowest BCUT2D eigenvalue weighted by Gasteiger charge is -2.36. The fourth-order valence-electron chi connectivity index (χ4n) is 3.98. The van der Waals surface area contributed by atoms with Crippen LogP contribution in [-0.2, 0) is 19.2 Å². The Kier molecular flexibility index (Phi) is 15.1. The zero-order chi connectivity index (χ0) is 28.0. The minimum Gasteiger partial charge on any atom is -0.549 e. The van der Waals surface area contributed by atoms with Crippen molar-refractivity contribution >= 4 is 23.9 Å². The van der Waals surface area contributed by atoms with E-state index in [0.717, 1.165) is 4.90 Å². The molecule has 0 saturated carbocycles. The molecule has 37 heavy (non-hydrogen) atoms. The maximum Gasteiger partial charge on any atom is 0.131 e. The first-order chi connectivity index (χ1) is 17.4. The Balaban J connectivity index is 3.00. The van der Waals surface area contributed by atoms with E-state index >= 15 is 0 Å². The molecule has 2 atom stereocenters. The van der Waals surface area contributed by atoms with Gasteiger partial charge in [0.1, 0.15) is 6.23 Å². The van der Waals surface area contributed by atoms with Gasteiger partial charge in [-0.05, 0) is 0 Å². The summed E-state index contributed by atoms with van der Waals surface area (Å²) >= 11 is 0. The number of β-amino-alcohol motifs (C(OH)–C–C–N with tert-alkyl or cyclic N) is 1. The standard InChI is InChI=1S/C21H39N5O11/c27-15-17(29)26(14-21(36)37)10-16(28)9-22-1-3-23(11-18(30)31)5-7-25(13-20(34)35)8-6-24(4-2-22)12-19(32)33/h16-17,27-29H,1-15H2,(H,30,31)(H,32,33)(H,34,35)(H,36,37)/p-4.